The number of urea groups is 1. The van der Waals surface area contributed by atoms with E-state index in [0.29, 0.717) is 12.6 Å². The van der Waals surface area contributed by atoms with Gasteiger partial charge in [-0.3, -0.25) is 0 Å². The van der Waals surface area contributed by atoms with Crippen molar-refractivity contribution < 1.29 is 9.90 Å². The molecule has 0 aliphatic heterocycles. The molecular formula is C15H28N2O2. The highest BCUT2D eigenvalue weighted by Crippen LogP contribution is 2.43. The van der Waals surface area contributed by atoms with Crippen LogP contribution in [0.1, 0.15) is 58.3 Å². The van der Waals surface area contributed by atoms with Crippen LogP contribution in [0.15, 0.2) is 0 Å². The lowest BCUT2D eigenvalue weighted by Gasteiger charge is -2.30. The first-order valence-corrected chi connectivity index (χ1v) is 7.91. The Morgan fingerprint density at radius 2 is 2.05 bits per heavy atom. The fraction of sp³-hybridized carbons (Fsp3) is 0.933. The summed E-state index contributed by atoms with van der Waals surface area (Å²) >= 11 is 0. The summed E-state index contributed by atoms with van der Waals surface area (Å²) in [6.07, 6.45) is 8.90. The maximum Gasteiger partial charge on any atom is 0.315 e. The molecule has 0 bridgehead atoms. The van der Waals surface area contributed by atoms with E-state index in [2.05, 4.69) is 10.6 Å². The molecule has 0 radical (unpaired) electrons. The number of hydrogen-bond donors (Lipinski definition) is 3. The van der Waals surface area contributed by atoms with E-state index in [1.807, 2.05) is 6.92 Å². The first-order chi connectivity index (χ1) is 9.19. The fourth-order valence-corrected chi connectivity index (χ4v) is 3.24. The minimum Gasteiger partial charge on any atom is -0.391 e. The third-order valence-corrected chi connectivity index (χ3v) is 4.46. The van der Waals surface area contributed by atoms with Gasteiger partial charge in [0, 0.05) is 12.6 Å². The van der Waals surface area contributed by atoms with Crippen LogP contribution in [-0.2, 0) is 0 Å². The highest BCUT2D eigenvalue weighted by molar-refractivity contribution is 5.74. The molecule has 3 N–H and O–H groups in total. The van der Waals surface area contributed by atoms with Gasteiger partial charge in [0.05, 0.1) is 6.10 Å². The monoisotopic (exact) mass is 268 g/mol. The van der Waals surface area contributed by atoms with E-state index in [1.165, 1.54) is 25.7 Å². The second-order valence-electron chi connectivity index (χ2n) is 6.26. The van der Waals surface area contributed by atoms with Gasteiger partial charge in [0.2, 0.25) is 0 Å². The van der Waals surface area contributed by atoms with Crippen LogP contribution in [0.25, 0.3) is 0 Å². The predicted molar refractivity (Wildman–Crippen MR) is 75.9 cm³/mol. The molecule has 0 aromatic heterocycles. The zero-order chi connectivity index (χ0) is 13.7. The molecule has 19 heavy (non-hydrogen) atoms. The quantitative estimate of drug-likeness (QED) is 0.693. The predicted octanol–water partition coefficient (Wildman–Crippen LogP) is 2.42. The zero-order valence-corrected chi connectivity index (χ0v) is 12.0. The fourth-order valence-electron chi connectivity index (χ4n) is 3.24. The lowest BCUT2D eigenvalue weighted by Crippen LogP contribution is -2.46. The van der Waals surface area contributed by atoms with E-state index in [9.17, 15) is 9.90 Å². The molecule has 3 atom stereocenters. The van der Waals surface area contributed by atoms with Crippen LogP contribution >= 0.6 is 0 Å². The Morgan fingerprint density at radius 3 is 2.74 bits per heavy atom. The summed E-state index contributed by atoms with van der Waals surface area (Å²) < 4.78 is 0. The van der Waals surface area contributed by atoms with Crippen molar-refractivity contribution in [2.45, 2.75) is 70.4 Å². The second kappa shape index (κ2) is 7.13. The van der Waals surface area contributed by atoms with Crippen LogP contribution in [0.2, 0.25) is 0 Å². The molecular weight excluding hydrogens is 240 g/mol. The summed E-state index contributed by atoms with van der Waals surface area (Å²) in [5.74, 6) is 1.78. The summed E-state index contributed by atoms with van der Waals surface area (Å²) in [4.78, 5) is 11.8. The van der Waals surface area contributed by atoms with Gasteiger partial charge in [-0.2, -0.15) is 0 Å². The molecule has 2 aliphatic rings. The molecule has 2 aliphatic carbocycles. The molecule has 2 saturated carbocycles. The maximum atomic E-state index is 11.8. The van der Waals surface area contributed by atoms with Crippen molar-refractivity contribution in [2.75, 3.05) is 6.54 Å². The molecule has 2 amide bonds. The van der Waals surface area contributed by atoms with Crippen LogP contribution in [0.5, 0.6) is 0 Å². The summed E-state index contributed by atoms with van der Waals surface area (Å²) in [6.45, 7) is 2.39. The summed E-state index contributed by atoms with van der Waals surface area (Å²) in [5.41, 5.74) is 0. The summed E-state index contributed by atoms with van der Waals surface area (Å²) in [6, 6.07) is 0.222. The van der Waals surface area contributed by atoms with E-state index >= 15 is 0 Å². The summed E-state index contributed by atoms with van der Waals surface area (Å²) in [7, 11) is 0. The minimum absolute atomic E-state index is 0.114. The highest BCUT2D eigenvalue weighted by Gasteiger charge is 2.34. The lowest BCUT2D eigenvalue weighted by molar-refractivity contribution is 0.158. The number of nitrogens with one attached hydrogen (secondary N) is 2. The number of carbonyl (C=O) groups excluding carboxylic acids is 1. The van der Waals surface area contributed by atoms with E-state index in [1.54, 1.807) is 0 Å². The van der Waals surface area contributed by atoms with Gasteiger partial charge in [-0.05, 0) is 43.9 Å². The first-order valence-electron chi connectivity index (χ1n) is 7.91. The molecule has 2 fully saturated rings. The van der Waals surface area contributed by atoms with E-state index in [-0.39, 0.29) is 6.03 Å². The standard InChI is InChI=1S/C15H28N2O2/c1-2-4-14(18)10-16-15(19)17-13-6-3-5-12(9-13)11-7-8-11/h11-14,18H,2-10H2,1H3,(H2,16,17,19). The van der Waals surface area contributed by atoms with Gasteiger partial charge >= 0.3 is 6.03 Å². The van der Waals surface area contributed by atoms with E-state index in [4.69, 9.17) is 0 Å². The Hall–Kier alpha value is -0.770. The van der Waals surface area contributed by atoms with Crippen LogP contribution in [0, 0.1) is 11.8 Å². The molecule has 4 heteroatoms. The van der Waals surface area contributed by atoms with Crippen molar-refractivity contribution >= 4 is 6.03 Å². The summed E-state index contributed by atoms with van der Waals surface area (Å²) in [5, 5.41) is 15.4. The van der Waals surface area contributed by atoms with Crippen molar-refractivity contribution in [1.29, 1.82) is 0 Å². The molecule has 0 heterocycles. The first kappa shape index (κ1) is 14.6. The number of carbonyl (C=O) groups is 1. The van der Waals surface area contributed by atoms with Crippen LogP contribution in [0.3, 0.4) is 0 Å². The zero-order valence-electron chi connectivity index (χ0n) is 12.0. The van der Waals surface area contributed by atoms with E-state index in [0.717, 1.165) is 37.5 Å². The van der Waals surface area contributed by atoms with Crippen LogP contribution in [0.4, 0.5) is 4.79 Å². The average molecular weight is 268 g/mol. The number of hydrogen-bond acceptors (Lipinski definition) is 2. The smallest absolute Gasteiger partial charge is 0.315 e. The normalized spacial score (nSPS) is 28.7. The van der Waals surface area contributed by atoms with Gasteiger partial charge in [0.1, 0.15) is 0 Å². The van der Waals surface area contributed by atoms with Crippen molar-refractivity contribution in [3.63, 3.8) is 0 Å². The minimum atomic E-state index is -0.415. The van der Waals surface area contributed by atoms with Gasteiger partial charge in [0.25, 0.3) is 0 Å². The number of rotatable bonds is 6. The van der Waals surface area contributed by atoms with Gasteiger partial charge in [0.15, 0.2) is 0 Å². The Morgan fingerprint density at radius 1 is 1.26 bits per heavy atom. The van der Waals surface area contributed by atoms with Crippen LogP contribution < -0.4 is 10.6 Å². The maximum absolute atomic E-state index is 11.8. The molecule has 110 valence electrons. The molecule has 0 spiro atoms. The number of aliphatic hydroxyl groups is 1. The molecule has 0 aromatic rings. The lowest BCUT2D eigenvalue weighted by atomic mass is 9.83. The van der Waals surface area contributed by atoms with Crippen molar-refractivity contribution in [2.24, 2.45) is 11.8 Å². The molecule has 4 nitrogen and oxygen atoms in total. The molecule has 0 aromatic carbocycles. The highest BCUT2D eigenvalue weighted by atomic mass is 16.3. The van der Waals surface area contributed by atoms with Gasteiger partial charge in [-0.25, -0.2) is 4.79 Å². The van der Waals surface area contributed by atoms with Crippen LogP contribution in [-0.4, -0.2) is 29.8 Å². The SMILES string of the molecule is CCCC(O)CNC(=O)NC1CCCC(C2CC2)C1. The van der Waals surface area contributed by atoms with Gasteiger partial charge in [-0.15, -0.1) is 0 Å². The topological polar surface area (TPSA) is 61.4 Å². The third-order valence-electron chi connectivity index (χ3n) is 4.46. The second-order valence-corrected chi connectivity index (χ2v) is 6.26. The van der Waals surface area contributed by atoms with E-state index < -0.39 is 6.10 Å². The average Bonchev–Trinajstić information content (AvgIpc) is 3.21. The van der Waals surface area contributed by atoms with Gasteiger partial charge in [-0.1, -0.05) is 26.2 Å². The molecule has 0 saturated heterocycles. The molecule has 3 unspecified atom stereocenters. The van der Waals surface area contributed by atoms with Crippen molar-refractivity contribution in [3.05, 3.63) is 0 Å². The number of amides is 2. The van der Waals surface area contributed by atoms with Crippen molar-refractivity contribution in [3.8, 4) is 0 Å². The Labute approximate surface area is 116 Å². The Bertz CT molecular complexity index is 292. The van der Waals surface area contributed by atoms with Crippen molar-refractivity contribution in [1.82, 2.24) is 10.6 Å². The van der Waals surface area contributed by atoms with Gasteiger partial charge < -0.3 is 15.7 Å². The third kappa shape index (κ3) is 5.01. The largest absolute Gasteiger partial charge is 0.391 e. The Balaban J connectivity index is 1.63. The Kier molecular flexibility index (Phi) is 5.49. The molecule has 2 rings (SSSR count). The number of aliphatic hydroxyl groups excluding tert-OH is 1.